The van der Waals surface area contributed by atoms with Gasteiger partial charge in [0.05, 0.1) is 10.6 Å². The van der Waals surface area contributed by atoms with E-state index in [0.717, 1.165) is 5.56 Å². The Morgan fingerprint density at radius 2 is 1.94 bits per heavy atom. The van der Waals surface area contributed by atoms with Gasteiger partial charge < -0.3 is 0 Å². The normalized spacial score (nSPS) is 10.1. The van der Waals surface area contributed by atoms with E-state index in [4.69, 9.17) is 0 Å². The van der Waals surface area contributed by atoms with Crippen LogP contribution in [0.25, 0.3) is 0 Å². The minimum absolute atomic E-state index is 0.0923. The summed E-state index contributed by atoms with van der Waals surface area (Å²) in [6.07, 6.45) is 3.66. The third kappa shape index (κ3) is 2.20. The largest absolute Gasteiger partial charge is 0.295 e. The highest BCUT2D eigenvalue weighted by Gasteiger charge is 2.07. The second-order valence-electron chi connectivity index (χ2n) is 3.52. The van der Waals surface area contributed by atoms with Crippen LogP contribution in [0, 0.1) is 17.0 Å². The molecular formula is C11H11N3O2. The number of nitro benzene ring substituents is 1. The van der Waals surface area contributed by atoms with E-state index >= 15 is 0 Å². The standard InChI is InChI=1S/C11H11N3O2/c1-9-6-10(8-11(7-9)14(15)16)12-13-4-2-3-5-13/h2-8,12H,1H3. The molecule has 0 bridgehead atoms. The van der Waals surface area contributed by atoms with E-state index < -0.39 is 4.92 Å². The zero-order valence-electron chi connectivity index (χ0n) is 8.75. The number of nitro groups is 1. The Morgan fingerprint density at radius 3 is 2.56 bits per heavy atom. The van der Waals surface area contributed by atoms with Gasteiger partial charge in [-0.3, -0.25) is 20.2 Å². The molecule has 5 heteroatoms. The lowest BCUT2D eigenvalue weighted by Gasteiger charge is -2.07. The van der Waals surface area contributed by atoms with Crippen LogP contribution in [0.15, 0.2) is 42.7 Å². The molecule has 0 saturated carbocycles. The number of benzene rings is 1. The van der Waals surface area contributed by atoms with Crippen LogP contribution in [0.1, 0.15) is 5.56 Å². The fourth-order valence-corrected chi connectivity index (χ4v) is 1.49. The molecule has 0 aliphatic rings. The van der Waals surface area contributed by atoms with Gasteiger partial charge in [-0.2, -0.15) is 0 Å². The number of anilines is 1. The average Bonchev–Trinajstić information content (AvgIpc) is 2.69. The van der Waals surface area contributed by atoms with Gasteiger partial charge in [0.25, 0.3) is 5.69 Å². The number of nitrogens with zero attached hydrogens (tertiary/aromatic N) is 2. The molecule has 0 radical (unpaired) electrons. The number of hydrogen-bond donors (Lipinski definition) is 1. The van der Waals surface area contributed by atoms with Crippen LogP contribution >= 0.6 is 0 Å². The molecule has 16 heavy (non-hydrogen) atoms. The Bertz CT molecular complexity index is 506. The molecule has 1 aromatic heterocycles. The molecule has 82 valence electrons. The monoisotopic (exact) mass is 217 g/mol. The van der Waals surface area contributed by atoms with Crippen molar-refractivity contribution in [1.29, 1.82) is 0 Å². The minimum Gasteiger partial charge on any atom is -0.295 e. The van der Waals surface area contributed by atoms with Gasteiger partial charge in [-0.1, -0.05) is 0 Å². The molecule has 0 atom stereocenters. The molecule has 0 fully saturated rings. The molecule has 5 nitrogen and oxygen atoms in total. The Balaban J connectivity index is 2.31. The first kappa shape index (κ1) is 10.2. The van der Waals surface area contributed by atoms with Gasteiger partial charge in [0.2, 0.25) is 0 Å². The van der Waals surface area contributed by atoms with Crippen molar-refractivity contribution in [1.82, 2.24) is 4.68 Å². The van der Waals surface area contributed by atoms with Crippen LogP contribution in [0.5, 0.6) is 0 Å². The molecule has 0 aliphatic heterocycles. The van der Waals surface area contributed by atoms with Gasteiger partial charge in [-0.15, -0.1) is 0 Å². The number of nitrogens with one attached hydrogen (secondary N) is 1. The SMILES string of the molecule is Cc1cc(Nn2cccc2)cc([N+](=O)[O-])c1. The summed E-state index contributed by atoms with van der Waals surface area (Å²) >= 11 is 0. The van der Waals surface area contributed by atoms with E-state index in [-0.39, 0.29) is 5.69 Å². The molecule has 1 heterocycles. The smallest absolute Gasteiger partial charge is 0.271 e. The number of hydrogen-bond acceptors (Lipinski definition) is 3. The molecule has 2 aromatic rings. The van der Waals surface area contributed by atoms with Crippen LogP contribution in [-0.2, 0) is 0 Å². The third-order valence-corrected chi connectivity index (χ3v) is 2.14. The average molecular weight is 217 g/mol. The second-order valence-corrected chi connectivity index (χ2v) is 3.52. The van der Waals surface area contributed by atoms with Gasteiger partial charge in [-0.25, -0.2) is 0 Å². The maximum Gasteiger partial charge on any atom is 0.271 e. The second kappa shape index (κ2) is 4.06. The van der Waals surface area contributed by atoms with E-state index in [1.165, 1.54) is 6.07 Å². The van der Waals surface area contributed by atoms with Crippen LogP contribution in [0.4, 0.5) is 11.4 Å². The third-order valence-electron chi connectivity index (χ3n) is 2.14. The van der Waals surface area contributed by atoms with Crippen LogP contribution in [0.3, 0.4) is 0 Å². The number of aromatic nitrogens is 1. The molecular weight excluding hydrogens is 206 g/mol. The number of aryl methyl sites for hydroxylation is 1. The summed E-state index contributed by atoms with van der Waals surface area (Å²) in [7, 11) is 0. The molecule has 0 unspecified atom stereocenters. The van der Waals surface area contributed by atoms with E-state index in [9.17, 15) is 10.1 Å². The van der Waals surface area contributed by atoms with E-state index in [0.29, 0.717) is 5.69 Å². The van der Waals surface area contributed by atoms with Crippen LogP contribution < -0.4 is 5.43 Å². The number of rotatable bonds is 3. The van der Waals surface area contributed by atoms with Crippen molar-refractivity contribution in [2.75, 3.05) is 5.43 Å². The Morgan fingerprint density at radius 1 is 1.25 bits per heavy atom. The van der Waals surface area contributed by atoms with Crippen molar-refractivity contribution >= 4 is 11.4 Å². The maximum absolute atomic E-state index is 10.7. The van der Waals surface area contributed by atoms with Crippen molar-refractivity contribution in [2.24, 2.45) is 0 Å². The van der Waals surface area contributed by atoms with Gasteiger partial charge in [0, 0.05) is 24.5 Å². The van der Waals surface area contributed by atoms with E-state index in [2.05, 4.69) is 5.43 Å². The summed E-state index contributed by atoms with van der Waals surface area (Å²) in [4.78, 5) is 10.3. The van der Waals surface area contributed by atoms with Gasteiger partial charge in [-0.05, 0) is 30.7 Å². The minimum atomic E-state index is -0.395. The Labute approximate surface area is 92.4 Å². The highest BCUT2D eigenvalue weighted by Crippen LogP contribution is 2.20. The molecule has 0 spiro atoms. The summed E-state index contributed by atoms with van der Waals surface area (Å²) in [5.74, 6) is 0. The van der Waals surface area contributed by atoms with Crippen LogP contribution in [0.2, 0.25) is 0 Å². The van der Waals surface area contributed by atoms with Crippen molar-refractivity contribution in [2.45, 2.75) is 6.92 Å². The predicted molar refractivity (Wildman–Crippen MR) is 61.3 cm³/mol. The fraction of sp³-hybridized carbons (Fsp3) is 0.0909. The summed E-state index contributed by atoms with van der Waals surface area (Å²) < 4.78 is 1.73. The van der Waals surface area contributed by atoms with E-state index in [1.54, 1.807) is 10.7 Å². The van der Waals surface area contributed by atoms with Crippen LogP contribution in [-0.4, -0.2) is 9.60 Å². The maximum atomic E-state index is 10.7. The quantitative estimate of drug-likeness (QED) is 0.635. The highest BCUT2D eigenvalue weighted by molar-refractivity contribution is 5.53. The highest BCUT2D eigenvalue weighted by atomic mass is 16.6. The van der Waals surface area contributed by atoms with Crippen molar-refractivity contribution in [3.8, 4) is 0 Å². The Kier molecular flexibility index (Phi) is 2.59. The molecule has 2 rings (SSSR count). The zero-order chi connectivity index (χ0) is 11.5. The van der Waals surface area contributed by atoms with Gasteiger partial charge >= 0.3 is 0 Å². The topological polar surface area (TPSA) is 60.1 Å². The van der Waals surface area contributed by atoms with Crippen molar-refractivity contribution < 1.29 is 4.92 Å². The summed E-state index contributed by atoms with van der Waals surface area (Å²) in [6, 6.07) is 8.65. The van der Waals surface area contributed by atoms with Gasteiger partial charge in [0.1, 0.15) is 0 Å². The van der Waals surface area contributed by atoms with Gasteiger partial charge in [0.15, 0.2) is 0 Å². The molecule has 0 aliphatic carbocycles. The van der Waals surface area contributed by atoms with Crippen molar-refractivity contribution in [3.05, 3.63) is 58.4 Å². The first-order chi connectivity index (χ1) is 7.65. The van der Waals surface area contributed by atoms with E-state index in [1.807, 2.05) is 37.5 Å². The van der Waals surface area contributed by atoms with Crippen molar-refractivity contribution in [3.63, 3.8) is 0 Å². The molecule has 0 saturated heterocycles. The molecule has 1 N–H and O–H groups in total. The summed E-state index contributed by atoms with van der Waals surface area (Å²) in [5.41, 5.74) is 4.67. The lowest BCUT2D eigenvalue weighted by molar-refractivity contribution is -0.384. The molecule has 1 aromatic carbocycles. The fourth-order valence-electron chi connectivity index (χ4n) is 1.49. The zero-order valence-corrected chi connectivity index (χ0v) is 8.75. The lowest BCUT2D eigenvalue weighted by atomic mass is 10.2. The number of non-ortho nitro benzene ring substituents is 1. The molecule has 0 amide bonds. The summed E-state index contributed by atoms with van der Waals surface area (Å²) in [6.45, 7) is 1.83. The Hall–Kier alpha value is -2.30. The lowest BCUT2D eigenvalue weighted by Crippen LogP contribution is -2.06. The first-order valence-electron chi connectivity index (χ1n) is 4.81. The first-order valence-corrected chi connectivity index (χ1v) is 4.81. The summed E-state index contributed by atoms with van der Waals surface area (Å²) in [5, 5.41) is 10.7. The predicted octanol–water partition coefficient (Wildman–Crippen LogP) is 2.58.